The van der Waals surface area contributed by atoms with Crippen LogP contribution in [0.15, 0.2) is 60.7 Å². The molecular formula is C25H28FN3OS. The Morgan fingerprint density at radius 3 is 2.48 bits per heavy atom. The van der Waals surface area contributed by atoms with E-state index in [9.17, 15) is 9.18 Å². The maximum atomic E-state index is 14.2. The first-order chi connectivity index (χ1) is 15.0. The number of rotatable bonds is 6. The third-order valence-electron chi connectivity index (χ3n) is 5.79. The molecule has 0 unspecified atom stereocenters. The molecule has 1 aliphatic heterocycles. The minimum Gasteiger partial charge on any atom is -0.313 e. The molecule has 4 rings (SSSR count). The van der Waals surface area contributed by atoms with Gasteiger partial charge in [-0.25, -0.2) is 4.39 Å². The number of aryl methyl sites for hydroxylation is 1. The van der Waals surface area contributed by atoms with Crippen LogP contribution in [0.25, 0.3) is 0 Å². The monoisotopic (exact) mass is 437 g/mol. The summed E-state index contributed by atoms with van der Waals surface area (Å²) in [5, 5.41) is 3.99. The lowest BCUT2D eigenvalue weighted by Gasteiger charge is -2.38. The molecule has 3 aromatic rings. The predicted octanol–water partition coefficient (Wildman–Crippen LogP) is 5.04. The maximum absolute atomic E-state index is 14.2. The second-order valence-corrected chi connectivity index (χ2v) is 9.10. The number of thiophene rings is 1. The lowest BCUT2D eigenvalue weighted by molar-refractivity contribution is 0.102. The molecule has 1 aromatic heterocycles. The molecule has 0 aliphatic carbocycles. The van der Waals surface area contributed by atoms with Crippen molar-refractivity contribution in [1.82, 2.24) is 9.80 Å². The molecule has 2 aromatic carbocycles. The van der Waals surface area contributed by atoms with Crippen molar-refractivity contribution in [3.05, 3.63) is 88.0 Å². The highest BCUT2D eigenvalue weighted by atomic mass is 32.1. The Hall–Kier alpha value is -2.54. The zero-order chi connectivity index (χ0) is 21.8. The Kier molecular flexibility index (Phi) is 6.80. The Morgan fingerprint density at radius 1 is 1.06 bits per heavy atom. The van der Waals surface area contributed by atoms with Crippen LogP contribution in [0.4, 0.5) is 9.39 Å². The third-order valence-corrected chi connectivity index (χ3v) is 7.00. The first kappa shape index (κ1) is 21.7. The van der Waals surface area contributed by atoms with Crippen LogP contribution >= 0.6 is 11.3 Å². The van der Waals surface area contributed by atoms with E-state index in [4.69, 9.17) is 0 Å². The minimum absolute atomic E-state index is 0.105. The number of anilines is 1. The minimum atomic E-state index is -0.238. The van der Waals surface area contributed by atoms with Gasteiger partial charge in [0.2, 0.25) is 0 Å². The van der Waals surface area contributed by atoms with E-state index in [-0.39, 0.29) is 17.8 Å². The number of benzene rings is 2. The lowest BCUT2D eigenvalue weighted by Crippen LogP contribution is -2.46. The van der Waals surface area contributed by atoms with Gasteiger partial charge in [0.25, 0.3) is 5.91 Å². The Labute approximate surface area is 187 Å². The molecule has 1 aliphatic rings. The molecule has 1 atom stereocenters. The summed E-state index contributed by atoms with van der Waals surface area (Å²) >= 11 is 1.61. The first-order valence-electron chi connectivity index (χ1n) is 10.7. The van der Waals surface area contributed by atoms with Crippen molar-refractivity contribution in [3.63, 3.8) is 0 Å². The van der Waals surface area contributed by atoms with Crippen LogP contribution in [0, 0.1) is 5.82 Å². The number of nitrogens with one attached hydrogen (secondary N) is 1. The van der Waals surface area contributed by atoms with Gasteiger partial charge in [-0.2, -0.15) is 0 Å². The molecule has 1 N–H and O–H groups in total. The van der Waals surface area contributed by atoms with Gasteiger partial charge in [0.05, 0.1) is 6.04 Å². The van der Waals surface area contributed by atoms with Crippen LogP contribution in [-0.4, -0.2) is 48.9 Å². The molecule has 0 bridgehead atoms. The van der Waals surface area contributed by atoms with Crippen molar-refractivity contribution in [2.45, 2.75) is 19.4 Å². The summed E-state index contributed by atoms with van der Waals surface area (Å²) in [6, 6.07) is 18.2. The summed E-state index contributed by atoms with van der Waals surface area (Å²) in [6.07, 6.45) is 0.886. The topological polar surface area (TPSA) is 35.6 Å². The van der Waals surface area contributed by atoms with E-state index in [0.29, 0.717) is 5.56 Å². The largest absolute Gasteiger partial charge is 0.313 e. The molecule has 6 heteroatoms. The summed E-state index contributed by atoms with van der Waals surface area (Å²) in [7, 11) is 2.12. The molecule has 1 saturated heterocycles. The van der Waals surface area contributed by atoms with E-state index >= 15 is 0 Å². The van der Waals surface area contributed by atoms with E-state index in [2.05, 4.69) is 35.2 Å². The molecule has 4 nitrogen and oxygen atoms in total. The van der Waals surface area contributed by atoms with E-state index in [0.717, 1.165) is 48.7 Å². The van der Waals surface area contributed by atoms with Gasteiger partial charge in [-0.05, 0) is 49.4 Å². The maximum Gasteiger partial charge on any atom is 0.256 e. The van der Waals surface area contributed by atoms with Crippen LogP contribution in [0.3, 0.4) is 0 Å². The van der Waals surface area contributed by atoms with Gasteiger partial charge in [0.1, 0.15) is 10.8 Å². The van der Waals surface area contributed by atoms with E-state index in [1.165, 1.54) is 10.9 Å². The van der Waals surface area contributed by atoms with Crippen LogP contribution in [0.5, 0.6) is 0 Å². The predicted molar refractivity (Wildman–Crippen MR) is 125 cm³/mol. The molecule has 0 saturated carbocycles. The third kappa shape index (κ3) is 5.03. The summed E-state index contributed by atoms with van der Waals surface area (Å²) in [6.45, 7) is 5.82. The smallest absolute Gasteiger partial charge is 0.256 e. The number of hydrogen-bond donors (Lipinski definition) is 1. The quantitative estimate of drug-likeness (QED) is 0.587. The Morgan fingerprint density at radius 2 is 1.81 bits per heavy atom. The highest BCUT2D eigenvalue weighted by Crippen LogP contribution is 2.40. The molecule has 0 spiro atoms. The van der Waals surface area contributed by atoms with Crippen molar-refractivity contribution in [1.29, 1.82) is 0 Å². The van der Waals surface area contributed by atoms with Crippen LogP contribution in [0.2, 0.25) is 0 Å². The van der Waals surface area contributed by atoms with Crippen LogP contribution in [-0.2, 0) is 6.42 Å². The van der Waals surface area contributed by atoms with Crippen molar-refractivity contribution < 1.29 is 9.18 Å². The fraction of sp³-hybridized carbons (Fsp3) is 0.320. The van der Waals surface area contributed by atoms with Gasteiger partial charge < -0.3 is 10.2 Å². The second kappa shape index (κ2) is 9.73. The Balaban J connectivity index is 1.73. The highest BCUT2D eigenvalue weighted by Gasteiger charge is 2.29. The molecule has 0 radical (unpaired) electrons. The summed E-state index contributed by atoms with van der Waals surface area (Å²) < 4.78 is 14.2. The van der Waals surface area contributed by atoms with Gasteiger partial charge in [0.15, 0.2) is 0 Å². The SMILES string of the molecule is CCc1cc([C@@H](c2cccc(F)c2)N2CCN(C)CC2)c(NC(=O)c2ccccc2)s1. The fourth-order valence-corrected chi connectivity index (χ4v) is 5.07. The first-order valence-corrected chi connectivity index (χ1v) is 11.5. The van der Waals surface area contributed by atoms with Gasteiger partial charge in [0, 0.05) is 42.2 Å². The van der Waals surface area contributed by atoms with Gasteiger partial charge in [-0.1, -0.05) is 37.3 Å². The van der Waals surface area contributed by atoms with Gasteiger partial charge in [-0.3, -0.25) is 9.69 Å². The van der Waals surface area contributed by atoms with Gasteiger partial charge >= 0.3 is 0 Å². The number of carbonyl (C=O) groups excluding carboxylic acids is 1. The van der Waals surface area contributed by atoms with E-state index in [1.54, 1.807) is 23.5 Å². The lowest BCUT2D eigenvalue weighted by atomic mass is 9.97. The summed E-state index contributed by atoms with van der Waals surface area (Å²) in [5.41, 5.74) is 2.59. The number of amides is 1. The standard InChI is InChI=1S/C25H28FN3OS/c1-3-21-17-22(25(31-21)27-24(30)18-8-5-4-6-9-18)23(19-10-7-11-20(26)16-19)29-14-12-28(2)13-15-29/h4-11,16-17,23H,3,12-15H2,1-2H3,(H,27,30)/t23-/m1/s1. The molecular weight excluding hydrogens is 409 g/mol. The molecule has 1 fully saturated rings. The summed E-state index contributed by atoms with van der Waals surface area (Å²) in [4.78, 5) is 18.8. The normalized spacial score (nSPS) is 16.2. The van der Waals surface area contributed by atoms with E-state index < -0.39 is 0 Å². The van der Waals surface area contributed by atoms with E-state index in [1.807, 2.05) is 36.4 Å². The summed E-state index contributed by atoms with van der Waals surface area (Å²) in [5.74, 6) is -0.361. The van der Waals surface area contributed by atoms with Crippen molar-refractivity contribution in [3.8, 4) is 0 Å². The number of piperazine rings is 1. The molecule has 162 valence electrons. The highest BCUT2D eigenvalue weighted by molar-refractivity contribution is 7.16. The number of nitrogens with zero attached hydrogens (tertiary/aromatic N) is 2. The molecule has 1 amide bonds. The second-order valence-electron chi connectivity index (χ2n) is 7.97. The molecule has 2 heterocycles. The fourth-order valence-electron chi connectivity index (χ4n) is 4.04. The van der Waals surface area contributed by atoms with Crippen molar-refractivity contribution in [2.75, 3.05) is 38.5 Å². The van der Waals surface area contributed by atoms with Crippen molar-refractivity contribution >= 4 is 22.2 Å². The Bertz CT molecular complexity index is 1030. The van der Waals surface area contributed by atoms with Crippen molar-refractivity contribution in [2.24, 2.45) is 0 Å². The zero-order valence-electron chi connectivity index (χ0n) is 18.0. The zero-order valence-corrected chi connectivity index (χ0v) is 18.8. The number of carbonyl (C=O) groups is 1. The average Bonchev–Trinajstić information content (AvgIpc) is 3.18. The van der Waals surface area contributed by atoms with Gasteiger partial charge in [-0.15, -0.1) is 11.3 Å². The number of halogens is 1. The van der Waals surface area contributed by atoms with Crippen LogP contribution in [0.1, 0.15) is 39.3 Å². The average molecular weight is 438 g/mol. The molecule has 31 heavy (non-hydrogen) atoms. The number of hydrogen-bond acceptors (Lipinski definition) is 4. The number of likely N-dealkylation sites (N-methyl/N-ethyl adjacent to an activating group) is 1. The van der Waals surface area contributed by atoms with Crippen LogP contribution < -0.4 is 5.32 Å².